The molecule has 1 aromatic rings. The van der Waals surface area contributed by atoms with E-state index in [0.717, 1.165) is 19.6 Å². The van der Waals surface area contributed by atoms with Crippen LogP contribution in [0.15, 0.2) is 17.5 Å². The van der Waals surface area contributed by atoms with E-state index in [2.05, 4.69) is 62.6 Å². The molecule has 1 saturated carbocycles. The van der Waals surface area contributed by atoms with Crippen molar-refractivity contribution in [3.8, 4) is 0 Å². The fourth-order valence-corrected chi connectivity index (χ4v) is 3.91. The highest BCUT2D eigenvalue weighted by Crippen LogP contribution is 2.43. The van der Waals surface area contributed by atoms with Crippen molar-refractivity contribution in [2.75, 3.05) is 27.2 Å². The molecule has 1 aromatic heterocycles. The van der Waals surface area contributed by atoms with Crippen molar-refractivity contribution in [2.24, 2.45) is 5.41 Å². The predicted octanol–water partition coefficient (Wildman–Crippen LogP) is 3.14. The highest BCUT2D eigenvalue weighted by Gasteiger charge is 2.48. The maximum Gasteiger partial charge on any atom is 0.0655 e. The van der Waals surface area contributed by atoms with Crippen molar-refractivity contribution >= 4 is 11.3 Å². The highest BCUT2D eigenvalue weighted by molar-refractivity contribution is 7.10. The molecule has 3 unspecified atom stereocenters. The highest BCUT2D eigenvalue weighted by atomic mass is 32.1. The lowest BCUT2D eigenvalue weighted by molar-refractivity contribution is -0.114. The Morgan fingerprint density at radius 2 is 2.25 bits per heavy atom. The second-order valence-corrected chi connectivity index (χ2v) is 7.44. The van der Waals surface area contributed by atoms with Crippen LogP contribution in [0.1, 0.15) is 38.1 Å². The first kappa shape index (κ1) is 16.0. The summed E-state index contributed by atoms with van der Waals surface area (Å²) >= 11 is 1.84. The molecule has 1 N–H and O–H groups in total. The van der Waals surface area contributed by atoms with Crippen LogP contribution in [-0.2, 0) is 4.74 Å². The molecule has 1 fully saturated rings. The van der Waals surface area contributed by atoms with Gasteiger partial charge in [0.1, 0.15) is 0 Å². The van der Waals surface area contributed by atoms with Crippen LogP contribution >= 0.6 is 11.3 Å². The Morgan fingerprint density at radius 1 is 1.50 bits per heavy atom. The van der Waals surface area contributed by atoms with Crippen LogP contribution in [0.2, 0.25) is 0 Å². The van der Waals surface area contributed by atoms with Gasteiger partial charge >= 0.3 is 0 Å². The number of nitrogens with one attached hydrogen (secondary N) is 1. The van der Waals surface area contributed by atoms with Crippen molar-refractivity contribution in [1.29, 1.82) is 0 Å². The van der Waals surface area contributed by atoms with Gasteiger partial charge in [-0.1, -0.05) is 19.9 Å². The third kappa shape index (κ3) is 3.25. The average Bonchev–Trinajstić information content (AvgIpc) is 2.90. The number of rotatable bonds is 7. The maximum atomic E-state index is 5.80. The van der Waals surface area contributed by atoms with Gasteiger partial charge in [0.2, 0.25) is 0 Å². The number of thiophene rings is 1. The van der Waals surface area contributed by atoms with Gasteiger partial charge in [0.05, 0.1) is 12.1 Å². The first-order valence-corrected chi connectivity index (χ1v) is 8.39. The quantitative estimate of drug-likeness (QED) is 0.836. The van der Waals surface area contributed by atoms with E-state index >= 15 is 0 Å². The third-order valence-electron chi connectivity index (χ3n) is 4.60. The molecule has 1 aliphatic rings. The predicted molar refractivity (Wildman–Crippen MR) is 86.3 cm³/mol. The molecule has 2 rings (SSSR count). The molecule has 0 bridgehead atoms. The summed E-state index contributed by atoms with van der Waals surface area (Å²) in [6, 6.07) is 5.37. The summed E-state index contributed by atoms with van der Waals surface area (Å²) in [5, 5.41) is 5.91. The Balaban J connectivity index is 1.89. The second-order valence-electron chi connectivity index (χ2n) is 6.46. The zero-order chi connectivity index (χ0) is 14.8. The fourth-order valence-electron chi connectivity index (χ4n) is 2.99. The Labute approximate surface area is 127 Å². The fraction of sp³-hybridized carbons (Fsp3) is 0.750. The van der Waals surface area contributed by atoms with Crippen LogP contribution in [0.4, 0.5) is 0 Å². The van der Waals surface area contributed by atoms with Crippen LogP contribution in [-0.4, -0.2) is 44.3 Å². The zero-order valence-electron chi connectivity index (χ0n) is 13.3. The SMILES string of the molecule is CCOC1CC(NCC(c2cccs2)N(C)C)C1(C)C. The van der Waals surface area contributed by atoms with Crippen molar-refractivity contribution in [3.05, 3.63) is 22.4 Å². The summed E-state index contributed by atoms with van der Waals surface area (Å²) in [5.41, 5.74) is 0.238. The van der Waals surface area contributed by atoms with Crippen LogP contribution in [0.5, 0.6) is 0 Å². The first-order valence-electron chi connectivity index (χ1n) is 7.51. The van der Waals surface area contributed by atoms with Gasteiger partial charge in [-0.05, 0) is 38.9 Å². The van der Waals surface area contributed by atoms with Crippen LogP contribution < -0.4 is 5.32 Å². The van der Waals surface area contributed by atoms with Crippen molar-refractivity contribution in [1.82, 2.24) is 10.2 Å². The molecule has 1 aliphatic carbocycles. The largest absolute Gasteiger partial charge is 0.378 e. The number of hydrogen-bond donors (Lipinski definition) is 1. The molecule has 0 spiro atoms. The van der Waals surface area contributed by atoms with Gasteiger partial charge in [-0.3, -0.25) is 0 Å². The van der Waals surface area contributed by atoms with Crippen LogP contribution in [0.3, 0.4) is 0 Å². The Bertz CT molecular complexity index is 403. The first-order chi connectivity index (χ1) is 9.46. The molecule has 114 valence electrons. The number of nitrogens with zero attached hydrogens (tertiary/aromatic N) is 1. The molecule has 1 heterocycles. The Kier molecular flexibility index (Phi) is 5.24. The molecule has 20 heavy (non-hydrogen) atoms. The smallest absolute Gasteiger partial charge is 0.0655 e. The van der Waals surface area contributed by atoms with Gasteiger partial charge in [0, 0.05) is 29.5 Å². The summed E-state index contributed by atoms with van der Waals surface area (Å²) in [6.45, 7) is 8.51. The van der Waals surface area contributed by atoms with E-state index in [1.54, 1.807) is 0 Å². The number of hydrogen-bond acceptors (Lipinski definition) is 4. The summed E-state index contributed by atoms with van der Waals surface area (Å²) < 4.78 is 5.80. The molecule has 0 aliphatic heterocycles. The molecule has 0 radical (unpaired) electrons. The van der Waals surface area contributed by atoms with Crippen molar-refractivity contribution < 1.29 is 4.74 Å². The van der Waals surface area contributed by atoms with E-state index < -0.39 is 0 Å². The normalized spacial score (nSPS) is 26.5. The minimum absolute atomic E-state index is 0.238. The van der Waals surface area contributed by atoms with E-state index in [0.29, 0.717) is 18.2 Å². The van der Waals surface area contributed by atoms with E-state index in [4.69, 9.17) is 4.74 Å². The minimum Gasteiger partial charge on any atom is -0.378 e. The van der Waals surface area contributed by atoms with Gasteiger partial charge in [-0.25, -0.2) is 0 Å². The zero-order valence-corrected chi connectivity index (χ0v) is 14.2. The molecule has 3 nitrogen and oxygen atoms in total. The molecule has 0 aromatic carbocycles. The third-order valence-corrected chi connectivity index (χ3v) is 5.57. The maximum absolute atomic E-state index is 5.80. The lowest BCUT2D eigenvalue weighted by Crippen LogP contribution is -2.61. The van der Waals surface area contributed by atoms with Gasteiger partial charge in [-0.2, -0.15) is 0 Å². The van der Waals surface area contributed by atoms with Gasteiger partial charge < -0.3 is 15.0 Å². The van der Waals surface area contributed by atoms with Crippen LogP contribution in [0, 0.1) is 5.41 Å². The van der Waals surface area contributed by atoms with Crippen molar-refractivity contribution in [2.45, 2.75) is 45.4 Å². The molecular formula is C16H28N2OS. The summed E-state index contributed by atoms with van der Waals surface area (Å²) in [7, 11) is 4.31. The lowest BCUT2D eigenvalue weighted by atomic mass is 9.64. The molecule has 0 amide bonds. The van der Waals surface area contributed by atoms with E-state index in [1.807, 2.05) is 11.3 Å². The molecular weight excluding hydrogens is 268 g/mol. The summed E-state index contributed by atoms with van der Waals surface area (Å²) in [5.74, 6) is 0. The topological polar surface area (TPSA) is 24.5 Å². The second kappa shape index (κ2) is 6.56. The number of ether oxygens (including phenoxy) is 1. The van der Waals surface area contributed by atoms with E-state index in [-0.39, 0.29) is 5.41 Å². The van der Waals surface area contributed by atoms with Gasteiger partial charge in [0.15, 0.2) is 0 Å². The monoisotopic (exact) mass is 296 g/mol. The minimum atomic E-state index is 0.238. The van der Waals surface area contributed by atoms with E-state index in [1.165, 1.54) is 4.88 Å². The molecule has 3 atom stereocenters. The van der Waals surface area contributed by atoms with Gasteiger partial charge in [0.25, 0.3) is 0 Å². The standard InChI is InChI=1S/C16H28N2OS/c1-6-19-15-10-14(16(15,2)3)17-11-12(18(4)5)13-8-7-9-20-13/h7-9,12,14-15,17H,6,10-11H2,1-5H3. The summed E-state index contributed by atoms with van der Waals surface area (Å²) in [4.78, 5) is 3.73. The molecule has 4 heteroatoms. The molecule has 0 saturated heterocycles. The number of likely N-dealkylation sites (N-methyl/N-ethyl adjacent to an activating group) is 1. The van der Waals surface area contributed by atoms with Gasteiger partial charge in [-0.15, -0.1) is 11.3 Å². The summed E-state index contributed by atoms with van der Waals surface area (Å²) in [6.07, 6.45) is 1.54. The lowest BCUT2D eigenvalue weighted by Gasteiger charge is -2.52. The van der Waals surface area contributed by atoms with Crippen molar-refractivity contribution in [3.63, 3.8) is 0 Å². The Hall–Kier alpha value is -0.420. The van der Waals surface area contributed by atoms with E-state index in [9.17, 15) is 0 Å². The Morgan fingerprint density at radius 3 is 2.75 bits per heavy atom. The van der Waals surface area contributed by atoms with Crippen LogP contribution in [0.25, 0.3) is 0 Å². The average molecular weight is 296 g/mol.